The molecular weight excluding hydrogens is 451 g/mol. The Hall–Kier alpha value is -2.43. The monoisotopic (exact) mass is 466 g/mol. The summed E-state index contributed by atoms with van der Waals surface area (Å²) in [7, 11) is -4.58. The summed E-state index contributed by atoms with van der Waals surface area (Å²) in [6.07, 6.45) is 0. The minimum absolute atomic E-state index is 0.0727. The van der Waals surface area contributed by atoms with E-state index in [2.05, 4.69) is 14.5 Å². The van der Waals surface area contributed by atoms with Gasteiger partial charge in [-0.1, -0.05) is 12.1 Å². The zero-order chi connectivity index (χ0) is 21.3. The fraction of sp³-hybridized carbons (Fsp3) is 0.167. The molecule has 3 N–H and O–H groups in total. The number of rotatable bonds is 7. The molecule has 2 heterocycles. The number of phosphoric ester groups is 1. The quantitative estimate of drug-likeness (QED) is 0.448. The number of hydrogen-bond acceptors (Lipinski definition) is 8. The van der Waals surface area contributed by atoms with Gasteiger partial charge in [0.05, 0.1) is 10.2 Å². The van der Waals surface area contributed by atoms with Gasteiger partial charge in [0.2, 0.25) is 0 Å². The van der Waals surface area contributed by atoms with Crippen molar-refractivity contribution in [2.45, 2.75) is 12.6 Å². The second kappa shape index (κ2) is 8.37. The summed E-state index contributed by atoms with van der Waals surface area (Å²) in [6, 6.07) is 11.0. The summed E-state index contributed by atoms with van der Waals surface area (Å²) in [5.41, 5.74) is 1.58. The van der Waals surface area contributed by atoms with Gasteiger partial charge in [-0.2, -0.15) is 0 Å². The highest BCUT2D eigenvalue weighted by atomic mass is 32.2. The van der Waals surface area contributed by atoms with E-state index in [4.69, 9.17) is 19.6 Å². The third-order valence-corrected chi connectivity index (χ3v) is 6.69. The van der Waals surface area contributed by atoms with Crippen molar-refractivity contribution >= 4 is 52.2 Å². The lowest BCUT2D eigenvalue weighted by Crippen LogP contribution is -2.17. The maximum atomic E-state index is 11.1. The van der Waals surface area contributed by atoms with Crippen LogP contribution in [-0.4, -0.2) is 42.7 Å². The number of hydrogen-bond donors (Lipinski definition) is 3. The Bertz CT molecular complexity index is 1170. The molecule has 0 bridgehead atoms. The Morgan fingerprint density at radius 2 is 1.90 bits per heavy atom. The minimum Gasteiger partial charge on any atom is -0.489 e. The van der Waals surface area contributed by atoms with Gasteiger partial charge >= 0.3 is 13.8 Å². The average molecular weight is 466 g/mol. The first-order valence-electron chi connectivity index (χ1n) is 8.58. The molecule has 9 nitrogen and oxygen atoms in total. The summed E-state index contributed by atoms with van der Waals surface area (Å²) >= 11 is 2.82. The molecule has 4 rings (SSSR count). The number of thiazole rings is 1. The van der Waals surface area contributed by atoms with E-state index in [1.165, 1.54) is 35.2 Å². The molecule has 0 radical (unpaired) electrons. The van der Waals surface area contributed by atoms with Crippen LogP contribution >= 0.6 is 30.9 Å². The van der Waals surface area contributed by atoms with Crippen molar-refractivity contribution in [3.63, 3.8) is 0 Å². The van der Waals surface area contributed by atoms with E-state index in [0.29, 0.717) is 21.6 Å². The highest BCUT2D eigenvalue weighted by Gasteiger charge is 2.26. The SMILES string of the molecule is O=C(O)C1CSC(c2nc3ccc(OCc4ccc(OP(=O)(O)O)cc4)cc3s2)=N1. The molecule has 0 fully saturated rings. The lowest BCUT2D eigenvalue weighted by molar-refractivity contribution is -0.137. The van der Waals surface area contributed by atoms with Crippen molar-refractivity contribution in [3.05, 3.63) is 53.0 Å². The molecule has 3 aromatic rings. The molecule has 0 aliphatic carbocycles. The molecule has 0 spiro atoms. The van der Waals surface area contributed by atoms with Crippen molar-refractivity contribution in [2.75, 3.05) is 5.75 Å². The molecule has 1 aliphatic heterocycles. The van der Waals surface area contributed by atoms with Crippen molar-refractivity contribution < 1.29 is 33.5 Å². The molecule has 2 aromatic carbocycles. The maximum absolute atomic E-state index is 11.1. The number of aliphatic carboxylic acids is 1. The van der Waals surface area contributed by atoms with Gasteiger partial charge in [-0.05, 0) is 35.9 Å². The smallest absolute Gasteiger partial charge is 0.489 e. The fourth-order valence-electron chi connectivity index (χ4n) is 2.65. The molecule has 1 aliphatic rings. The topological polar surface area (TPSA) is 139 Å². The number of fused-ring (bicyclic) bond motifs is 1. The number of thioether (sulfide) groups is 1. The number of aromatic nitrogens is 1. The van der Waals surface area contributed by atoms with Crippen molar-refractivity contribution in [2.24, 2.45) is 4.99 Å². The second-order valence-electron chi connectivity index (χ2n) is 6.26. The van der Waals surface area contributed by atoms with Crippen LogP contribution in [0.25, 0.3) is 10.2 Å². The van der Waals surface area contributed by atoms with Gasteiger partial charge in [-0.3, -0.25) is 14.8 Å². The first kappa shape index (κ1) is 20.8. The van der Waals surface area contributed by atoms with Crippen LogP contribution in [0.2, 0.25) is 0 Å². The molecule has 1 aromatic heterocycles. The lowest BCUT2D eigenvalue weighted by atomic mass is 10.2. The molecule has 12 heteroatoms. The Balaban J connectivity index is 1.43. The Kier molecular flexibility index (Phi) is 5.81. The molecule has 1 atom stereocenters. The molecule has 1 unspecified atom stereocenters. The number of carboxylic acid groups (broad SMARTS) is 1. The van der Waals surface area contributed by atoms with Crippen LogP contribution in [0.3, 0.4) is 0 Å². The second-order valence-corrected chi connectivity index (χ2v) is 9.47. The molecule has 0 saturated heterocycles. The van der Waals surface area contributed by atoms with E-state index in [-0.39, 0.29) is 12.4 Å². The Labute approximate surface area is 178 Å². The van der Waals surface area contributed by atoms with Gasteiger partial charge in [-0.15, -0.1) is 23.1 Å². The molecule has 156 valence electrons. The number of nitrogens with zero attached hydrogens (tertiary/aromatic N) is 2. The number of phosphoric acid groups is 1. The van der Waals surface area contributed by atoms with Gasteiger partial charge in [0.1, 0.15) is 28.2 Å². The highest BCUT2D eigenvalue weighted by Crippen LogP contribution is 2.37. The van der Waals surface area contributed by atoms with Crippen LogP contribution in [-0.2, 0) is 16.0 Å². The predicted molar refractivity (Wildman–Crippen MR) is 113 cm³/mol. The van der Waals surface area contributed by atoms with Gasteiger partial charge in [0.15, 0.2) is 6.04 Å². The molecule has 0 amide bonds. The number of aliphatic imine (C=N–C) groups is 1. The summed E-state index contributed by atoms with van der Waals surface area (Å²) in [5, 5.41) is 10.4. The summed E-state index contributed by atoms with van der Waals surface area (Å²) < 4.78 is 22.0. The van der Waals surface area contributed by atoms with Crippen LogP contribution < -0.4 is 9.26 Å². The van der Waals surface area contributed by atoms with E-state index in [1.54, 1.807) is 18.2 Å². The summed E-state index contributed by atoms with van der Waals surface area (Å²) in [5.74, 6) is 0.185. The standard InChI is InChI=1S/C18H15N2O7PS2/c21-18(22)14-9-29-16(20-14)17-19-13-6-5-12(7-15(13)30-17)26-8-10-1-3-11(4-2-10)27-28(23,24)25/h1-7,14H,8-9H2,(H,21,22)(H2,23,24,25). The summed E-state index contributed by atoms with van der Waals surface area (Å²) in [4.78, 5) is 37.4. The Morgan fingerprint density at radius 1 is 1.17 bits per heavy atom. The van der Waals surface area contributed by atoms with Gasteiger partial charge < -0.3 is 14.4 Å². The third kappa shape index (κ3) is 5.00. The van der Waals surface area contributed by atoms with Gasteiger partial charge in [0, 0.05) is 5.75 Å². The third-order valence-electron chi connectivity index (χ3n) is 4.03. The number of carbonyl (C=O) groups is 1. The highest BCUT2D eigenvalue weighted by molar-refractivity contribution is 8.15. The largest absolute Gasteiger partial charge is 0.524 e. The Morgan fingerprint density at radius 3 is 2.57 bits per heavy atom. The molecule has 0 saturated carbocycles. The lowest BCUT2D eigenvalue weighted by Gasteiger charge is -2.09. The van der Waals surface area contributed by atoms with Crippen LogP contribution in [0, 0.1) is 0 Å². The van der Waals surface area contributed by atoms with Crippen LogP contribution in [0.15, 0.2) is 47.5 Å². The molecular formula is C18H15N2O7PS2. The van der Waals surface area contributed by atoms with Crippen molar-refractivity contribution in [1.82, 2.24) is 4.98 Å². The van der Waals surface area contributed by atoms with Gasteiger partial charge in [-0.25, -0.2) is 14.3 Å². The zero-order valence-electron chi connectivity index (χ0n) is 15.2. The minimum atomic E-state index is -4.58. The first-order chi connectivity index (χ1) is 14.3. The van der Waals surface area contributed by atoms with Crippen LogP contribution in [0.1, 0.15) is 10.6 Å². The zero-order valence-corrected chi connectivity index (χ0v) is 17.7. The maximum Gasteiger partial charge on any atom is 0.524 e. The first-order valence-corrected chi connectivity index (χ1v) is 11.9. The van der Waals surface area contributed by atoms with Crippen LogP contribution in [0.5, 0.6) is 11.5 Å². The fourth-order valence-corrected chi connectivity index (χ4v) is 5.14. The van der Waals surface area contributed by atoms with Gasteiger partial charge in [0.25, 0.3) is 0 Å². The van der Waals surface area contributed by atoms with E-state index < -0.39 is 19.8 Å². The molecule has 30 heavy (non-hydrogen) atoms. The number of carboxylic acids is 1. The number of ether oxygens (including phenoxy) is 1. The van der Waals surface area contributed by atoms with E-state index in [0.717, 1.165) is 15.8 Å². The average Bonchev–Trinajstić information content (AvgIpc) is 3.33. The van der Waals surface area contributed by atoms with Crippen LogP contribution in [0.4, 0.5) is 0 Å². The number of benzene rings is 2. The van der Waals surface area contributed by atoms with E-state index >= 15 is 0 Å². The van der Waals surface area contributed by atoms with Crippen molar-refractivity contribution in [3.8, 4) is 11.5 Å². The van der Waals surface area contributed by atoms with E-state index in [9.17, 15) is 9.36 Å². The van der Waals surface area contributed by atoms with Crippen molar-refractivity contribution in [1.29, 1.82) is 0 Å². The predicted octanol–water partition coefficient (Wildman–Crippen LogP) is 3.29. The summed E-state index contributed by atoms with van der Waals surface area (Å²) in [6.45, 7) is 0.260. The van der Waals surface area contributed by atoms with E-state index in [1.807, 2.05) is 12.1 Å². The normalized spacial score (nSPS) is 16.5.